The van der Waals surface area contributed by atoms with Crippen molar-refractivity contribution in [3.63, 3.8) is 0 Å². The summed E-state index contributed by atoms with van der Waals surface area (Å²) in [5.74, 6) is -1.50. The zero-order valence-electron chi connectivity index (χ0n) is 36.4. The first-order valence-electron chi connectivity index (χ1n) is 21.8. The minimum Gasteiger partial charge on any atom is -0.492 e. The minimum atomic E-state index is -1.29. The van der Waals surface area contributed by atoms with Crippen molar-refractivity contribution >= 4 is 29.4 Å². The maximum absolute atomic E-state index is 14.7. The summed E-state index contributed by atoms with van der Waals surface area (Å²) in [5, 5.41) is 8.55. The van der Waals surface area contributed by atoms with E-state index >= 15 is 0 Å². The van der Waals surface area contributed by atoms with E-state index in [4.69, 9.17) is 26.7 Å². The van der Waals surface area contributed by atoms with Crippen LogP contribution in [0.3, 0.4) is 0 Å². The lowest BCUT2D eigenvalue weighted by Gasteiger charge is -2.32. The van der Waals surface area contributed by atoms with Gasteiger partial charge in [-0.15, -0.1) is 0 Å². The number of hydrogen-bond donors (Lipinski definition) is 6. The van der Waals surface area contributed by atoms with Crippen molar-refractivity contribution in [1.82, 2.24) is 20.9 Å². The van der Waals surface area contributed by atoms with Gasteiger partial charge in [0.15, 0.2) is 5.78 Å². The topological polar surface area (TPSA) is 221 Å². The highest BCUT2D eigenvalue weighted by atomic mass is 16.5. The van der Waals surface area contributed by atoms with Gasteiger partial charge in [0.2, 0.25) is 17.7 Å². The number of nitrogens with two attached hydrogens (primary N) is 3. The molecule has 4 amide bonds. The molecule has 0 saturated heterocycles. The van der Waals surface area contributed by atoms with Gasteiger partial charge >= 0.3 is 0 Å². The van der Waals surface area contributed by atoms with Crippen LogP contribution in [0.25, 0.3) is 11.1 Å². The van der Waals surface area contributed by atoms with E-state index in [0.29, 0.717) is 53.1 Å². The molecule has 1 aliphatic rings. The van der Waals surface area contributed by atoms with Crippen LogP contribution < -0.4 is 42.6 Å². The number of ketones is 1. The Labute approximate surface area is 361 Å². The van der Waals surface area contributed by atoms with E-state index in [2.05, 4.69) is 22.9 Å². The quantitative estimate of drug-likeness (QED) is 0.0779. The molecular weight excluding hydrogens is 775 g/mol. The zero-order chi connectivity index (χ0) is 44.3. The largest absolute Gasteiger partial charge is 0.492 e. The van der Waals surface area contributed by atoms with E-state index in [9.17, 15) is 24.0 Å². The van der Waals surface area contributed by atoms with E-state index < -0.39 is 47.8 Å². The lowest BCUT2D eigenvalue weighted by molar-refractivity contribution is -0.141. The van der Waals surface area contributed by atoms with Crippen LogP contribution in [0.2, 0.25) is 0 Å². The van der Waals surface area contributed by atoms with Crippen molar-refractivity contribution in [2.75, 3.05) is 39.9 Å². The van der Waals surface area contributed by atoms with Gasteiger partial charge in [0.05, 0.1) is 6.04 Å². The number of likely N-dealkylation sites (N-methyl/N-ethyl adjacent to an activating group) is 1. The second kappa shape index (κ2) is 24.8. The molecule has 1 heterocycles. The van der Waals surface area contributed by atoms with Crippen LogP contribution in [0.1, 0.15) is 112 Å². The number of amides is 4. The number of carbonyl (C=O) groups is 5. The molecule has 61 heavy (non-hydrogen) atoms. The number of fused-ring (bicyclic) bond motifs is 5. The summed E-state index contributed by atoms with van der Waals surface area (Å²) >= 11 is 0. The van der Waals surface area contributed by atoms with Gasteiger partial charge in [0.1, 0.15) is 42.8 Å². The summed E-state index contributed by atoms with van der Waals surface area (Å²) in [5.41, 5.74) is 21.3. The molecule has 4 rings (SSSR count). The first kappa shape index (κ1) is 48.4. The summed E-state index contributed by atoms with van der Waals surface area (Å²) in [6.07, 6.45) is 9.44. The Hall–Kier alpha value is -5.31. The maximum Gasteiger partial charge on any atom is 0.251 e. The number of benzene rings is 3. The third kappa shape index (κ3) is 14.1. The molecule has 0 aliphatic carbocycles. The Kier molecular flexibility index (Phi) is 19.7. The monoisotopic (exact) mass is 842 g/mol. The summed E-state index contributed by atoms with van der Waals surface area (Å²) in [7, 11) is 1.50. The lowest BCUT2D eigenvalue weighted by atomic mass is 9.93. The molecule has 0 fully saturated rings. The normalized spacial score (nSPS) is 17.0. The smallest absolute Gasteiger partial charge is 0.251 e. The van der Waals surface area contributed by atoms with Crippen LogP contribution in [-0.4, -0.2) is 92.3 Å². The average Bonchev–Trinajstić information content (AvgIpc) is 3.25. The van der Waals surface area contributed by atoms with Crippen molar-refractivity contribution in [3.05, 3.63) is 82.9 Å². The Bertz CT molecular complexity index is 1940. The molecule has 0 saturated carbocycles. The van der Waals surface area contributed by atoms with Gasteiger partial charge in [-0.05, 0) is 112 Å². The second-order valence-electron chi connectivity index (χ2n) is 15.8. The minimum absolute atomic E-state index is 0.172. The molecule has 3 aromatic carbocycles. The molecule has 3 aromatic rings. The SMILES string of the molecule is CCCCCCCCc1cccc(C(=O)N[C@@H](CCCCN)C(=O)N(C)[C@@H]2C(=O)N[C@@H](C)C(=O)N[C@H](C(C)=O)Cc3ccc(OCCN)c(c3)-c3cc2ccc3OCCN)c1. The summed E-state index contributed by atoms with van der Waals surface area (Å²) in [6.45, 7) is 6.39. The van der Waals surface area contributed by atoms with Gasteiger partial charge in [0.25, 0.3) is 5.91 Å². The molecule has 0 radical (unpaired) electrons. The van der Waals surface area contributed by atoms with Crippen LogP contribution >= 0.6 is 0 Å². The van der Waals surface area contributed by atoms with E-state index in [1.165, 1.54) is 51.5 Å². The molecule has 4 bridgehead atoms. The molecule has 0 aromatic heterocycles. The van der Waals surface area contributed by atoms with Gasteiger partial charge in [-0.25, -0.2) is 0 Å². The number of unbranched alkanes of at least 4 members (excludes halogenated alkanes) is 6. The average molecular weight is 842 g/mol. The predicted octanol–water partition coefficient (Wildman–Crippen LogP) is 4.49. The van der Waals surface area contributed by atoms with Gasteiger partial charge in [-0.3, -0.25) is 24.0 Å². The first-order valence-corrected chi connectivity index (χ1v) is 21.8. The molecule has 9 N–H and O–H groups in total. The van der Waals surface area contributed by atoms with E-state index in [1.54, 1.807) is 30.3 Å². The van der Waals surface area contributed by atoms with Crippen LogP contribution in [0.15, 0.2) is 60.7 Å². The predicted molar refractivity (Wildman–Crippen MR) is 238 cm³/mol. The zero-order valence-corrected chi connectivity index (χ0v) is 36.4. The molecule has 4 atom stereocenters. The Morgan fingerprint density at radius 2 is 1.48 bits per heavy atom. The molecule has 332 valence electrons. The van der Waals surface area contributed by atoms with Gasteiger partial charge in [0, 0.05) is 36.8 Å². The summed E-state index contributed by atoms with van der Waals surface area (Å²) in [4.78, 5) is 70.9. The highest BCUT2D eigenvalue weighted by Crippen LogP contribution is 2.40. The van der Waals surface area contributed by atoms with Crippen molar-refractivity contribution < 1.29 is 33.4 Å². The van der Waals surface area contributed by atoms with Crippen LogP contribution in [0, 0.1) is 0 Å². The summed E-state index contributed by atoms with van der Waals surface area (Å²) < 4.78 is 12.2. The Morgan fingerprint density at radius 3 is 2.15 bits per heavy atom. The highest BCUT2D eigenvalue weighted by Gasteiger charge is 2.36. The number of Topliss-reactive ketones (excluding diaryl/α,β-unsaturated/α-hetero) is 1. The second-order valence-corrected chi connectivity index (χ2v) is 15.8. The molecule has 1 aliphatic heterocycles. The number of nitrogens with one attached hydrogen (secondary N) is 3. The van der Waals surface area contributed by atoms with Gasteiger partial charge in [-0.1, -0.05) is 63.3 Å². The molecular formula is C47H67N7O7. The standard InChI is InChI=1S/C47H67N7O7/c1-5-6-7-8-9-10-14-33-15-13-16-36(27-33)45(57)52-39(17-11-12-22-48)47(59)54(4)43-35-19-21-42(61-26-24-50)38(30-35)37-28-34(18-20-41(37)60-25-23-49)29-40(32(3)55)53-44(56)31(2)51-46(43)58/h13,15-16,18-21,27-28,30-31,39-40,43H,5-12,14,17,22-26,29,48-50H2,1-4H3,(H,51,58)(H,52,57)(H,53,56)/t31-,39-,40-,43-/m0/s1. The first-order chi connectivity index (χ1) is 29.4. The molecule has 14 heteroatoms. The number of nitrogens with zero attached hydrogens (tertiary/aromatic N) is 1. The van der Waals surface area contributed by atoms with Gasteiger partial charge in [-0.2, -0.15) is 0 Å². The molecule has 0 unspecified atom stereocenters. The third-order valence-corrected chi connectivity index (χ3v) is 10.9. The fourth-order valence-corrected chi connectivity index (χ4v) is 7.51. The maximum atomic E-state index is 14.7. The van der Waals surface area contributed by atoms with Crippen LogP contribution in [-0.2, 0) is 32.0 Å². The number of hydrogen-bond acceptors (Lipinski definition) is 10. The fourth-order valence-electron chi connectivity index (χ4n) is 7.51. The number of carbonyl (C=O) groups excluding carboxylic acids is 5. The number of ether oxygens (including phenoxy) is 2. The van der Waals surface area contributed by atoms with Crippen LogP contribution in [0.4, 0.5) is 0 Å². The summed E-state index contributed by atoms with van der Waals surface area (Å²) in [6, 6.07) is 13.8. The van der Waals surface area contributed by atoms with E-state index in [0.717, 1.165) is 30.4 Å². The van der Waals surface area contributed by atoms with Crippen molar-refractivity contribution in [2.45, 2.75) is 116 Å². The fraction of sp³-hybridized carbons (Fsp3) is 0.511. The van der Waals surface area contributed by atoms with Crippen molar-refractivity contribution in [2.24, 2.45) is 17.2 Å². The highest BCUT2D eigenvalue weighted by molar-refractivity contribution is 5.99. The molecule has 0 spiro atoms. The molecule has 14 nitrogen and oxygen atoms in total. The van der Waals surface area contributed by atoms with E-state index in [-0.39, 0.29) is 44.9 Å². The van der Waals surface area contributed by atoms with Crippen molar-refractivity contribution in [1.29, 1.82) is 0 Å². The van der Waals surface area contributed by atoms with Crippen molar-refractivity contribution in [3.8, 4) is 22.6 Å². The number of aryl methyl sites for hydroxylation is 1. The van der Waals surface area contributed by atoms with Gasteiger partial charge < -0.3 is 47.5 Å². The Morgan fingerprint density at radius 1 is 0.803 bits per heavy atom. The number of rotatable bonds is 22. The van der Waals surface area contributed by atoms with E-state index in [1.807, 2.05) is 30.3 Å². The lowest BCUT2D eigenvalue weighted by Crippen LogP contribution is -2.54. The third-order valence-electron chi connectivity index (χ3n) is 10.9. The van der Waals surface area contributed by atoms with Crippen LogP contribution in [0.5, 0.6) is 11.5 Å². The Balaban J connectivity index is 1.77.